The number of anilines is 4. The van der Waals surface area contributed by atoms with Crippen LogP contribution in [0.15, 0.2) is 72.8 Å². The summed E-state index contributed by atoms with van der Waals surface area (Å²) in [5.74, 6) is -0.402. The Kier molecular flexibility index (Phi) is 8.18. The molecule has 3 amide bonds. The van der Waals surface area contributed by atoms with Crippen LogP contribution in [0.3, 0.4) is 0 Å². The standard InChI is InChI=1S/C26H28N4O3/c1-3-5-24(31)28-21-10-8-20(9-11-21)27-17-25(32)29-22-12-14-23(15-13-22)30-26(33)19-7-4-6-18(2)16-19/h4,6-16,27H,3,5,17H2,1-2H3,(H,28,31)(H,29,32)(H,30,33). The van der Waals surface area contributed by atoms with Gasteiger partial charge in [-0.3, -0.25) is 14.4 Å². The molecule has 0 heterocycles. The van der Waals surface area contributed by atoms with Gasteiger partial charge in [0, 0.05) is 34.7 Å². The second-order valence-corrected chi connectivity index (χ2v) is 7.68. The van der Waals surface area contributed by atoms with Crippen LogP contribution in [0.5, 0.6) is 0 Å². The van der Waals surface area contributed by atoms with Crippen molar-refractivity contribution in [2.45, 2.75) is 26.7 Å². The predicted molar refractivity (Wildman–Crippen MR) is 133 cm³/mol. The normalized spacial score (nSPS) is 10.2. The van der Waals surface area contributed by atoms with Crippen LogP contribution >= 0.6 is 0 Å². The Morgan fingerprint density at radius 3 is 1.82 bits per heavy atom. The summed E-state index contributed by atoms with van der Waals surface area (Å²) in [7, 11) is 0. The third-order valence-electron chi connectivity index (χ3n) is 4.81. The lowest BCUT2D eigenvalue weighted by Crippen LogP contribution is -2.21. The van der Waals surface area contributed by atoms with Crippen molar-refractivity contribution in [2.24, 2.45) is 0 Å². The van der Waals surface area contributed by atoms with Gasteiger partial charge in [0.25, 0.3) is 5.91 Å². The van der Waals surface area contributed by atoms with Gasteiger partial charge in [-0.25, -0.2) is 0 Å². The Balaban J connectivity index is 1.45. The minimum Gasteiger partial charge on any atom is -0.376 e. The van der Waals surface area contributed by atoms with Crippen molar-refractivity contribution < 1.29 is 14.4 Å². The van der Waals surface area contributed by atoms with E-state index < -0.39 is 0 Å². The molecule has 0 fully saturated rings. The molecule has 3 rings (SSSR count). The summed E-state index contributed by atoms with van der Waals surface area (Å²) >= 11 is 0. The molecule has 0 aliphatic carbocycles. The minimum atomic E-state index is -0.202. The van der Waals surface area contributed by atoms with Crippen molar-refractivity contribution in [3.8, 4) is 0 Å². The van der Waals surface area contributed by atoms with Gasteiger partial charge in [-0.2, -0.15) is 0 Å². The first-order valence-electron chi connectivity index (χ1n) is 10.8. The average Bonchev–Trinajstić information content (AvgIpc) is 2.80. The number of aryl methyl sites for hydroxylation is 1. The molecule has 0 aliphatic rings. The Bertz CT molecular complexity index is 1110. The number of benzene rings is 3. The minimum absolute atomic E-state index is 0.0154. The van der Waals surface area contributed by atoms with Gasteiger partial charge in [-0.15, -0.1) is 0 Å². The average molecular weight is 445 g/mol. The highest BCUT2D eigenvalue weighted by atomic mass is 16.2. The maximum Gasteiger partial charge on any atom is 0.255 e. The Labute approximate surface area is 193 Å². The zero-order valence-corrected chi connectivity index (χ0v) is 18.8. The van der Waals surface area contributed by atoms with Crippen molar-refractivity contribution in [2.75, 3.05) is 27.8 Å². The largest absolute Gasteiger partial charge is 0.376 e. The molecule has 4 N–H and O–H groups in total. The number of carbonyl (C=O) groups excluding carboxylic acids is 3. The maximum atomic E-state index is 12.3. The van der Waals surface area contributed by atoms with E-state index >= 15 is 0 Å². The zero-order chi connectivity index (χ0) is 23.6. The number of nitrogens with one attached hydrogen (secondary N) is 4. The van der Waals surface area contributed by atoms with E-state index in [1.165, 1.54) is 0 Å². The van der Waals surface area contributed by atoms with Crippen LogP contribution in [-0.4, -0.2) is 24.3 Å². The van der Waals surface area contributed by atoms with Crippen molar-refractivity contribution in [1.29, 1.82) is 0 Å². The van der Waals surface area contributed by atoms with E-state index in [4.69, 9.17) is 0 Å². The van der Waals surface area contributed by atoms with Crippen LogP contribution in [0.4, 0.5) is 22.7 Å². The van der Waals surface area contributed by atoms with Crippen LogP contribution in [0, 0.1) is 6.92 Å². The topological polar surface area (TPSA) is 99.3 Å². The van der Waals surface area contributed by atoms with Gasteiger partial charge in [-0.1, -0.05) is 24.6 Å². The molecule has 0 atom stereocenters. The lowest BCUT2D eigenvalue weighted by Gasteiger charge is -2.10. The molecule has 0 unspecified atom stereocenters. The molecule has 0 saturated heterocycles. The van der Waals surface area contributed by atoms with Crippen LogP contribution in [0.2, 0.25) is 0 Å². The van der Waals surface area contributed by atoms with E-state index in [1.54, 1.807) is 54.6 Å². The molecule has 0 spiro atoms. The SMILES string of the molecule is CCCC(=O)Nc1ccc(NCC(=O)Nc2ccc(NC(=O)c3cccc(C)c3)cc2)cc1. The summed E-state index contributed by atoms with van der Waals surface area (Å²) in [4.78, 5) is 36.2. The van der Waals surface area contributed by atoms with Crippen LogP contribution in [0.25, 0.3) is 0 Å². The summed E-state index contributed by atoms with van der Waals surface area (Å²) < 4.78 is 0. The molecule has 0 aliphatic heterocycles. The predicted octanol–water partition coefficient (Wildman–Crippen LogP) is 5.04. The molecule has 0 aromatic heterocycles. The highest BCUT2D eigenvalue weighted by Gasteiger charge is 2.07. The van der Waals surface area contributed by atoms with Crippen LogP contribution in [-0.2, 0) is 9.59 Å². The molecule has 7 heteroatoms. The number of hydrogen-bond acceptors (Lipinski definition) is 4. The molecule has 33 heavy (non-hydrogen) atoms. The van der Waals surface area contributed by atoms with E-state index in [0.717, 1.165) is 23.4 Å². The molecule has 7 nitrogen and oxygen atoms in total. The maximum absolute atomic E-state index is 12.3. The number of hydrogen-bond donors (Lipinski definition) is 4. The lowest BCUT2D eigenvalue weighted by molar-refractivity contribution is -0.116. The van der Waals surface area contributed by atoms with E-state index in [1.807, 2.05) is 32.0 Å². The van der Waals surface area contributed by atoms with Crippen molar-refractivity contribution in [1.82, 2.24) is 0 Å². The fourth-order valence-electron chi connectivity index (χ4n) is 3.14. The van der Waals surface area contributed by atoms with Crippen LogP contribution < -0.4 is 21.3 Å². The molecular formula is C26H28N4O3. The summed E-state index contributed by atoms with van der Waals surface area (Å²) in [6.45, 7) is 3.98. The van der Waals surface area contributed by atoms with Gasteiger partial charge in [0.05, 0.1) is 6.54 Å². The van der Waals surface area contributed by atoms with Crippen molar-refractivity contribution in [3.63, 3.8) is 0 Å². The Morgan fingerprint density at radius 1 is 0.697 bits per heavy atom. The Morgan fingerprint density at radius 2 is 1.24 bits per heavy atom. The first kappa shape index (κ1) is 23.5. The summed E-state index contributed by atoms with van der Waals surface area (Å²) in [6, 6.07) is 21.5. The van der Waals surface area contributed by atoms with Gasteiger partial charge >= 0.3 is 0 Å². The fraction of sp³-hybridized carbons (Fsp3) is 0.192. The molecule has 3 aromatic carbocycles. The summed E-state index contributed by atoms with van der Waals surface area (Å²) in [6.07, 6.45) is 1.28. The first-order valence-corrected chi connectivity index (χ1v) is 10.8. The van der Waals surface area contributed by atoms with Crippen molar-refractivity contribution in [3.05, 3.63) is 83.9 Å². The molecule has 170 valence electrons. The summed E-state index contributed by atoms with van der Waals surface area (Å²) in [5, 5.41) is 11.5. The van der Waals surface area contributed by atoms with E-state index in [-0.39, 0.29) is 24.3 Å². The van der Waals surface area contributed by atoms with Crippen molar-refractivity contribution >= 4 is 40.5 Å². The third kappa shape index (κ3) is 7.50. The molecule has 0 saturated carbocycles. The van der Waals surface area contributed by atoms with Gasteiger partial charge in [0.2, 0.25) is 11.8 Å². The van der Waals surface area contributed by atoms with Gasteiger partial charge < -0.3 is 21.3 Å². The number of rotatable bonds is 9. The highest BCUT2D eigenvalue weighted by molar-refractivity contribution is 6.04. The lowest BCUT2D eigenvalue weighted by atomic mass is 10.1. The molecule has 0 bridgehead atoms. The number of carbonyl (C=O) groups is 3. The second kappa shape index (κ2) is 11.5. The molecule has 3 aromatic rings. The first-order chi connectivity index (χ1) is 15.9. The molecular weight excluding hydrogens is 416 g/mol. The zero-order valence-electron chi connectivity index (χ0n) is 18.8. The fourth-order valence-corrected chi connectivity index (χ4v) is 3.14. The van der Waals surface area contributed by atoms with Crippen LogP contribution in [0.1, 0.15) is 35.7 Å². The quantitative estimate of drug-likeness (QED) is 0.372. The monoisotopic (exact) mass is 444 g/mol. The van der Waals surface area contributed by atoms with Gasteiger partial charge in [0.1, 0.15) is 0 Å². The van der Waals surface area contributed by atoms with Gasteiger partial charge in [-0.05, 0) is 74.0 Å². The van der Waals surface area contributed by atoms with E-state index in [0.29, 0.717) is 23.4 Å². The summed E-state index contributed by atoms with van der Waals surface area (Å²) in [5.41, 5.74) is 4.37. The third-order valence-corrected chi connectivity index (χ3v) is 4.81. The molecule has 0 radical (unpaired) electrons. The highest BCUT2D eigenvalue weighted by Crippen LogP contribution is 2.16. The second-order valence-electron chi connectivity index (χ2n) is 7.68. The number of amides is 3. The smallest absolute Gasteiger partial charge is 0.255 e. The Hall–Kier alpha value is -4.13. The van der Waals surface area contributed by atoms with E-state index in [9.17, 15) is 14.4 Å². The van der Waals surface area contributed by atoms with E-state index in [2.05, 4.69) is 21.3 Å². The van der Waals surface area contributed by atoms with Gasteiger partial charge in [0.15, 0.2) is 0 Å².